The predicted octanol–water partition coefficient (Wildman–Crippen LogP) is 2.09. The first-order valence-electron chi connectivity index (χ1n) is 9.60. The van der Waals surface area contributed by atoms with Gasteiger partial charge in [0.1, 0.15) is 0 Å². The molecule has 1 aliphatic carbocycles. The van der Waals surface area contributed by atoms with Gasteiger partial charge in [0.2, 0.25) is 10.0 Å². The standard InChI is InChI=1S/C21H26N2O2S/c24-26(25,21-11-10-19-8-4-5-9-20(19)16-21)23-14-12-22(13-15-23)17-18-6-2-1-3-7-18/h1-2,4-5,8-11,16,18H,3,6-7,12-15,17H2/p+1/t18-/m0/s1. The first-order chi connectivity index (χ1) is 12.6. The van der Waals surface area contributed by atoms with Gasteiger partial charge in [-0.2, -0.15) is 4.31 Å². The van der Waals surface area contributed by atoms with Crippen molar-refractivity contribution in [1.29, 1.82) is 0 Å². The maximum Gasteiger partial charge on any atom is 0.243 e. The van der Waals surface area contributed by atoms with Crippen molar-refractivity contribution in [2.45, 2.75) is 24.2 Å². The summed E-state index contributed by atoms with van der Waals surface area (Å²) < 4.78 is 27.7. The van der Waals surface area contributed by atoms with Crippen LogP contribution in [0.4, 0.5) is 0 Å². The van der Waals surface area contributed by atoms with Gasteiger partial charge in [-0.15, -0.1) is 0 Å². The van der Waals surface area contributed by atoms with Crippen LogP contribution in [0.5, 0.6) is 0 Å². The molecule has 1 heterocycles. The van der Waals surface area contributed by atoms with E-state index in [1.165, 1.54) is 25.8 Å². The van der Waals surface area contributed by atoms with Gasteiger partial charge in [0.05, 0.1) is 37.6 Å². The third-order valence-electron chi connectivity index (χ3n) is 5.74. The van der Waals surface area contributed by atoms with Crippen LogP contribution in [-0.4, -0.2) is 45.4 Å². The summed E-state index contributed by atoms with van der Waals surface area (Å²) in [5.74, 6) is 0.763. The molecule has 1 N–H and O–H groups in total. The second kappa shape index (κ2) is 7.51. The van der Waals surface area contributed by atoms with Crippen LogP contribution in [0.3, 0.4) is 0 Å². The van der Waals surface area contributed by atoms with Crippen molar-refractivity contribution in [3.63, 3.8) is 0 Å². The van der Waals surface area contributed by atoms with E-state index in [9.17, 15) is 8.42 Å². The lowest BCUT2D eigenvalue weighted by Crippen LogP contribution is -3.15. The zero-order valence-electron chi connectivity index (χ0n) is 15.1. The number of nitrogens with zero attached hydrogens (tertiary/aromatic N) is 1. The topological polar surface area (TPSA) is 41.8 Å². The number of hydrogen-bond donors (Lipinski definition) is 1. The molecule has 2 aromatic rings. The van der Waals surface area contributed by atoms with Crippen molar-refractivity contribution in [2.24, 2.45) is 5.92 Å². The highest BCUT2D eigenvalue weighted by molar-refractivity contribution is 7.89. The molecule has 138 valence electrons. The van der Waals surface area contributed by atoms with Gasteiger partial charge in [-0.25, -0.2) is 8.42 Å². The lowest BCUT2D eigenvalue weighted by molar-refractivity contribution is -0.907. The molecule has 4 nitrogen and oxygen atoms in total. The molecule has 4 rings (SSSR count). The lowest BCUT2D eigenvalue weighted by Gasteiger charge is -2.33. The number of piperazine rings is 1. The van der Waals surface area contributed by atoms with E-state index in [-0.39, 0.29) is 0 Å². The number of nitrogens with one attached hydrogen (secondary N) is 1. The van der Waals surface area contributed by atoms with Crippen LogP contribution in [0.15, 0.2) is 59.5 Å². The second-order valence-electron chi connectivity index (χ2n) is 7.52. The molecule has 0 amide bonds. The number of allylic oxidation sites excluding steroid dienone is 2. The Labute approximate surface area is 156 Å². The van der Waals surface area contributed by atoms with E-state index in [0.29, 0.717) is 18.0 Å². The molecule has 1 fully saturated rings. The molecule has 1 aliphatic heterocycles. The smallest absolute Gasteiger partial charge is 0.243 e. The molecule has 0 spiro atoms. The molecule has 0 radical (unpaired) electrons. The first-order valence-corrected chi connectivity index (χ1v) is 11.0. The quantitative estimate of drug-likeness (QED) is 0.836. The average Bonchev–Trinajstić information content (AvgIpc) is 2.69. The van der Waals surface area contributed by atoms with Gasteiger partial charge in [0.15, 0.2) is 0 Å². The summed E-state index contributed by atoms with van der Waals surface area (Å²) in [4.78, 5) is 1.97. The van der Waals surface area contributed by atoms with Crippen LogP contribution >= 0.6 is 0 Å². The summed E-state index contributed by atoms with van der Waals surface area (Å²) in [6.07, 6.45) is 8.23. The van der Waals surface area contributed by atoms with E-state index < -0.39 is 10.0 Å². The van der Waals surface area contributed by atoms with Crippen molar-refractivity contribution in [2.75, 3.05) is 32.7 Å². The molecule has 1 saturated heterocycles. The molecule has 0 saturated carbocycles. The maximum absolute atomic E-state index is 13.0. The average molecular weight is 372 g/mol. The highest BCUT2D eigenvalue weighted by Crippen LogP contribution is 2.22. The SMILES string of the molecule is O=S(=O)(c1ccc2ccccc2c1)N1CC[NH+](C[C@H]2CC=CCC2)CC1. The first kappa shape index (κ1) is 17.7. The van der Waals surface area contributed by atoms with Crippen LogP contribution in [0.2, 0.25) is 0 Å². The number of fused-ring (bicyclic) bond motifs is 1. The molecule has 0 unspecified atom stereocenters. The highest BCUT2D eigenvalue weighted by atomic mass is 32.2. The zero-order valence-corrected chi connectivity index (χ0v) is 15.9. The molecule has 0 bridgehead atoms. The van der Waals surface area contributed by atoms with Gasteiger partial charge >= 0.3 is 0 Å². The minimum absolute atomic E-state index is 0.414. The number of sulfonamides is 1. The van der Waals surface area contributed by atoms with Gasteiger partial charge in [0, 0.05) is 5.92 Å². The third-order valence-corrected chi connectivity index (χ3v) is 7.64. The Morgan fingerprint density at radius 3 is 2.50 bits per heavy atom. The van der Waals surface area contributed by atoms with E-state index >= 15 is 0 Å². The van der Waals surface area contributed by atoms with E-state index in [0.717, 1.165) is 29.8 Å². The minimum Gasteiger partial charge on any atom is -0.333 e. The summed E-state index contributed by atoms with van der Waals surface area (Å²) in [6, 6.07) is 13.3. The van der Waals surface area contributed by atoms with Crippen LogP contribution in [-0.2, 0) is 10.0 Å². The molecule has 1 atom stereocenters. The second-order valence-corrected chi connectivity index (χ2v) is 9.46. The molecule has 26 heavy (non-hydrogen) atoms. The molecule has 0 aromatic heterocycles. The Kier molecular flexibility index (Phi) is 5.11. The Bertz CT molecular complexity index is 899. The number of quaternary nitrogens is 1. The van der Waals surface area contributed by atoms with E-state index in [1.54, 1.807) is 21.3 Å². The molecular weight excluding hydrogens is 344 g/mol. The molecule has 5 heteroatoms. The Morgan fingerprint density at radius 1 is 1.00 bits per heavy atom. The summed E-state index contributed by atoms with van der Waals surface area (Å²) >= 11 is 0. The summed E-state index contributed by atoms with van der Waals surface area (Å²) in [5, 5.41) is 2.05. The maximum atomic E-state index is 13.0. The Balaban J connectivity index is 1.43. The van der Waals surface area contributed by atoms with Crippen LogP contribution in [0.1, 0.15) is 19.3 Å². The summed E-state index contributed by atoms with van der Waals surface area (Å²) in [5.41, 5.74) is 0. The lowest BCUT2D eigenvalue weighted by atomic mass is 9.94. The van der Waals surface area contributed by atoms with Gasteiger partial charge in [-0.1, -0.05) is 42.5 Å². The van der Waals surface area contributed by atoms with Crippen LogP contribution in [0.25, 0.3) is 10.8 Å². The minimum atomic E-state index is -3.40. The predicted molar refractivity (Wildman–Crippen MR) is 105 cm³/mol. The molecule has 2 aromatic carbocycles. The fraction of sp³-hybridized carbons (Fsp3) is 0.429. The van der Waals surface area contributed by atoms with Gasteiger partial charge in [0.25, 0.3) is 0 Å². The zero-order chi connectivity index (χ0) is 18.0. The summed E-state index contributed by atoms with van der Waals surface area (Å²) in [6.45, 7) is 4.23. The van der Waals surface area contributed by atoms with Crippen LogP contribution in [0, 0.1) is 5.92 Å². The van der Waals surface area contributed by atoms with Gasteiger partial charge in [-0.3, -0.25) is 0 Å². The van der Waals surface area contributed by atoms with Gasteiger partial charge in [-0.05, 0) is 42.2 Å². The third kappa shape index (κ3) is 3.70. The largest absolute Gasteiger partial charge is 0.333 e. The monoisotopic (exact) mass is 371 g/mol. The van der Waals surface area contributed by atoms with E-state index in [2.05, 4.69) is 12.2 Å². The normalized spacial score (nSPS) is 22.7. The number of rotatable bonds is 4. The van der Waals surface area contributed by atoms with E-state index in [1.807, 2.05) is 30.3 Å². The van der Waals surface area contributed by atoms with Crippen molar-refractivity contribution < 1.29 is 13.3 Å². The fourth-order valence-electron chi connectivity index (χ4n) is 4.17. The highest BCUT2D eigenvalue weighted by Gasteiger charge is 2.31. The van der Waals surface area contributed by atoms with Crippen molar-refractivity contribution >= 4 is 20.8 Å². The number of hydrogen-bond acceptors (Lipinski definition) is 2. The van der Waals surface area contributed by atoms with Crippen molar-refractivity contribution in [1.82, 2.24) is 4.31 Å². The molecule has 2 aliphatic rings. The Hall–Kier alpha value is -1.69. The van der Waals surface area contributed by atoms with Crippen LogP contribution < -0.4 is 4.90 Å². The van der Waals surface area contributed by atoms with Crippen molar-refractivity contribution in [3.8, 4) is 0 Å². The fourth-order valence-corrected chi connectivity index (χ4v) is 5.65. The van der Waals surface area contributed by atoms with Gasteiger partial charge < -0.3 is 4.90 Å². The number of benzene rings is 2. The molecular formula is C21H27N2O2S+. The summed E-state index contributed by atoms with van der Waals surface area (Å²) in [7, 11) is -3.40. The van der Waals surface area contributed by atoms with Crippen molar-refractivity contribution in [3.05, 3.63) is 54.6 Å². The van der Waals surface area contributed by atoms with E-state index in [4.69, 9.17) is 0 Å². The Morgan fingerprint density at radius 2 is 1.77 bits per heavy atom.